The lowest BCUT2D eigenvalue weighted by atomic mass is 9.87. The first-order valence-corrected chi connectivity index (χ1v) is 10.8. The van der Waals surface area contributed by atoms with E-state index in [0.29, 0.717) is 40.1 Å². The Bertz CT molecular complexity index is 986. The molecule has 1 amide bonds. The Morgan fingerprint density at radius 3 is 3.00 bits per heavy atom. The van der Waals surface area contributed by atoms with Crippen molar-refractivity contribution in [2.45, 2.75) is 49.8 Å². The first-order chi connectivity index (χ1) is 14.1. The minimum Gasteiger partial charge on any atom is -0.454 e. The molecular weight excluding hydrogens is 386 g/mol. The maximum absolute atomic E-state index is 12.9. The number of aromatic nitrogens is 1. The fourth-order valence-electron chi connectivity index (χ4n) is 3.65. The zero-order valence-corrected chi connectivity index (χ0v) is 17.3. The first kappa shape index (κ1) is 19.6. The van der Waals surface area contributed by atoms with Crippen molar-refractivity contribution in [1.82, 2.24) is 4.98 Å². The summed E-state index contributed by atoms with van der Waals surface area (Å²) in [5.74, 6) is 1.80. The number of nitrogens with one attached hydrogen (secondary N) is 1. The van der Waals surface area contributed by atoms with Crippen molar-refractivity contribution < 1.29 is 14.3 Å². The van der Waals surface area contributed by atoms with Gasteiger partial charge in [0, 0.05) is 17.4 Å². The second kappa shape index (κ2) is 8.34. The number of ether oxygens (including phenoxy) is 2. The third-order valence-electron chi connectivity index (χ3n) is 5.28. The van der Waals surface area contributed by atoms with Gasteiger partial charge in [0.1, 0.15) is 11.1 Å². The van der Waals surface area contributed by atoms with Crippen LogP contribution in [0.2, 0.25) is 0 Å². The van der Waals surface area contributed by atoms with E-state index in [1.165, 1.54) is 17.3 Å². The van der Waals surface area contributed by atoms with Crippen molar-refractivity contribution in [1.29, 1.82) is 5.26 Å². The monoisotopic (exact) mass is 409 g/mol. The summed E-state index contributed by atoms with van der Waals surface area (Å²) in [5.41, 5.74) is 3.45. The van der Waals surface area contributed by atoms with Crippen molar-refractivity contribution in [2.24, 2.45) is 5.92 Å². The third kappa shape index (κ3) is 4.18. The van der Waals surface area contributed by atoms with Gasteiger partial charge in [0.05, 0.1) is 10.8 Å². The van der Waals surface area contributed by atoms with Crippen LogP contribution in [0, 0.1) is 17.2 Å². The molecule has 2 unspecified atom stereocenters. The molecule has 6 nitrogen and oxygen atoms in total. The minimum atomic E-state index is -0.347. The van der Waals surface area contributed by atoms with E-state index in [1.54, 1.807) is 18.2 Å². The highest BCUT2D eigenvalue weighted by molar-refractivity contribution is 8.00. The first-order valence-electron chi connectivity index (χ1n) is 9.87. The second-order valence-electron chi connectivity index (χ2n) is 7.48. The Labute approximate surface area is 174 Å². The van der Waals surface area contributed by atoms with Crippen LogP contribution in [0.5, 0.6) is 11.5 Å². The molecule has 1 aromatic carbocycles. The Balaban J connectivity index is 1.51. The van der Waals surface area contributed by atoms with Gasteiger partial charge in [0.15, 0.2) is 11.5 Å². The largest absolute Gasteiger partial charge is 0.454 e. The molecule has 150 valence electrons. The molecule has 0 spiro atoms. The van der Waals surface area contributed by atoms with Crippen molar-refractivity contribution in [3.8, 4) is 17.6 Å². The van der Waals surface area contributed by atoms with Gasteiger partial charge in [-0.25, -0.2) is 4.98 Å². The lowest BCUT2D eigenvalue weighted by molar-refractivity contribution is -0.115. The zero-order chi connectivity index (χ0) is 20.4. The number of aryl methyl sites for hydroxylation is 1. The normalized spacial score (nSPS) is 17.9. The summed E-state index contributed by atoms with van der Waals surface area (Å²) in [7, 11) is 0. The molecular formula is C22H23N3O3S. The molecule has 1 aliphatic heterocycles. The van der Waals surface area contributed by atoms with Crippen LogP contribution in [0.3, 0.4) is 0 Å². The topological polar surface area (TPSA) is 84.2 Å². The number of nitrogens with zero attached hydrogens (tertiary/aromatic N) is 2. The summed E-state index contributed by atoms with van der Waals surface area (Å²) in [5, 5.41) is 12.8. The number of amides is 1. The molecule has 7 heteroatoms. The highest BCUT2D eigenvalue weighted by atomic mass is 32.2. The van der Waals surface area contributed by atoms with Crippen LogP contribution in [0.25, 0.3) is 0 Å². The van der Waals surface area contributed by atoms with Crippen LogP contribution in [-0.2, 0) is 17.6 Å². The Hall–Kier alpha value is -2.72. The number of thioether (sulfide) groups is 1. The average molecular weight is 410 g/mol. The lowest BCUT2D eigenvalue weighted by Crippen LogP contribution is -2.25. The summed E-state index contributed by atoms with van der Waals surface area (Å²) in [4.78, 5) is 17.6. The second-order valence-corrected chi connectivity index (χ2v) is 8.67. The number of nitriles is 1. The molecule has 2 heterocycles. The van der Waals surface area contributed by atoms with Crippen LogP contribution in [0.15, 0.2) is 29.3 Å². The maximum Gasteiger partial charge on any atom is 0.237 e. The molecule has 4 rings (SSSR count). The Morgan fingerprint density at radius 2 is 2.21 bits per heavy atom. The van der Waals surface area contributed by atoms with E-state index >= 15 is 0 Å². The van der Waals surface area contributed by atoms with Crippen LogP contribution in [0.1, 0.15) is 43.5 Å². The van der Waals surface area contributed by atoms with Gasteiger partial charge in [-0.1, -0.05) is 25.6 Å². The van der Waals surface area contributed by atoms with Crippen LogP contribution in [0.4, 0.5) is 5.69 Å². The standard InChI is InChI=1S/C22H23N3O3S/c1-3-20(21(26)24-16-5-7-18-19(10-16)28-12-27-18)29-22-15(11-23)9-14-8-13(2)4-6-17(14)25-22/h5,7,9-10,13,20H,3-4,6,8,12H2,1-2H3,(H,24,26). The van der Waals surface area contributed by atoms with Gasteiger partial charge in [-0.15, -0.1) is 0 Å². The highest BCUT2D eigenvalue weighted by Gasteiger charge is 2.24. The predicted octanol–water partition coefficient (Wildman–Crippen LogP) is 4.32. The molecule has 2 aliphatic rings. The number of anilines is 1. The maximum atomic E-state index is 12.9. The van der Waals surface area contributed by atoms with Crippen molar-refractivity contribution in [2.75, 3.05) is 12.1 Å². The number of carbonyl (C=O) groups is 1. The zero-order valence-electron chi connectivity index (χ0n) is 16.5. The molecule has 2 atom stereocenters. The van der Waals surface area contributed by atoms with E-state index in [0.717, 1.165) is 25.0 Å². The molecule has 2 aromatic rings. The van der Waals surface area contributed by atoms with E-state index < -0.39 is 0 Å². The summed E-state index contributed by atoms with van der Waals surface area (Å²) in [6, 6.07) is 9.56. The molecule has 1 aromatic heterocycles. The number of hydrogen-bond donors (Lipinski definition) is 1. The van der Waals surface area contributed by atoms with Gasteiger partial charge in [-0.05, 0) is 55.4 Å². The van der Waals surface area contributed by atoms with Gasteiger partial charge in [-0.3, -0.25) is 4.79 Å². The summed E-state index contributed by atoms with van der Waals surface area (Å²) in [6.45, 7) is 4.38. The lowest BCUT2D eigenvalue weighted by Gasteiger charge is -2.22. The van der Waals surface area contributed by atoms with E-state index in [2.05, 4.69) is 18.3 Å². The van der Waals surface area contributed by atoms with Crippen molar-refractivity contribution >= 4 is 23.4 Å². The molecule has 0 radical (unpaired) electrons. The third-order valence-corrected chi connectivity index (χ3v) is 6.64. The SMILES string of the molecule is CCC(Sc1nc2c(cc1C#N)CC(C)CC2)C(=O)Nc1ccc2c(c1)OCO2. The van der Waals surface area contributed by atoms with Gasteiger partial charge in [0.2, 0.25) is 12.7 Å². The minimum absolute atomic E-state index is 0.117. The average Bonchev–Trinajstić information content (AvgIpc) is 3.19. The van der Waals surface area contributed by atoms with Gasteiger partial charge in [-0.2, -0.15) is 5.26 Å². The van der Waals surface area contributed by atoms with Crippen molar-refractivity contribution in [3.05, 3.63) is 41.1 Å². The number of rotatable bonds is 5. The fraction of sp³-hybridized carbons (Fsp3) is 0.409. The quantitative estimate of drug-likeness (QED) is 0.741. The Kier molecular flexibility index (Phi) is 5.63. The number of hydrogen-bond acceptors (Lipinski definition) is 6. The van der Waals surface area contributed by atoms with Crippen LogP contribution < -0.4 is 14.8 Å². The number of benzene rings is 1. The van der Waals surface area contributed by atoms with E-state index in [-0.39, 0.29) is 18.0 Å². The fourth-order valence-corrected chi connectivity index (χ4v) is 4.65. The van der Waals surface area contributed by atoms with Gasteiger partial charge >= 0.3 is 0 Å². The molecule has 0 fully saturated rings. The predicted molar refractivity (Wildman–Crippen MR) is 111 cm³/mol. The molecule has 0 saturated heterocycles. The smallest absolute Gasteiger partial charge is 0.237 e. The van der Waals surface area contributed by atoms with E-state index in [4.69, 9.17) is 14.5 Å². The van der Waals surface area contributed by atoms with Crippen molar-refractivity contribution in [3.63, 3.8) is 0 Å². The molecule has 0 bridgehead atoms. The number of fused-ring (bicyclic) bond motifs is 2. The summed E-state index contributed by atoms with van der Waals surface area (Å²) in [6.07, 6.45) is 3.62. The summed E-state index contributed by atoms with van der Waals surface area (Å²) < 4.78 is 10.7. The number of carbonyl (C=O) groups excluding carboxylic acids is 1. The summed E-state index contributed by atoms with van der Waals surface area (Å²) >= 11 is 1.36. The molecule has 1 N–H and O–H groups in total. The van der Waals surface area contributed by atoms with Gasteiger partial charge < -0.3 is 14.8 Å². The van der Waals surface area contributed by atoms with Gasteiger partial charge in [0.25, 0.3) is 0 Å². The van der Waals surface area contributed by atoms with Crippen LogP contribution in [-0.4, -0.2) is 22.9 Å². The van der Waals surface area contributed by atoms with E-state index in [9.17, 15) is 10.1 Å². The molecule has 0 saturated carbocycles. The molecule has 1 aliphatic carbocycles. The van der Waals surface area contributed by atoms with Crippen LogP contribution >= 0.6 is 11.8 Å². The number of pyridine rings is 1. The van der Waals surface area contributed by atoms with E-state index in [1.807, 2.05) is 13.0 Å². The highest BCUT2D eigenvalue weighted by Crippen LogP contribution is 2.35. The Morgan fingerprint density at radius 1 is 1.38 bits per heavy atom. The molecule has 29 heavy (non-hydrogen) atoms.